The van der Waals surface area contributed by atoms with Crippen molar-refractivity contribution >= 4 is 68.1 Å². The van der Waals surface area contributed by atoms with Crippen LogP contribution in [0.25, 0.3) is 0 Å². The van der Waals surface area contributed by atoms with Gasteiger partial charge in [0, 0.05) is 4.47 Å². The highest BCUT2D eigenvalue weighted by atomic mass is 79.9. The lowest BCUT2D eigenvalue weighted by atomic mass is 10.2. The van der Waals surface area contributed by atoms with Crippen molar-refractivity contribution in [2.75, 3.05) is 9.80 Å². The number of imide groups is 1. The van der Waals surface area contributed by atoms with Gasteiger partial charge in [0.1, 0.15) is 0 Å². The number of hydrogen-bond donors (Lipinski definition) is 0. The molecular weight excluding hydrogens is 457 g/mol. The van der Waals surface area contributed by atoms with Crippen LogP contribution >= 0.6 is 39.7 Å². The monoisotopic (exact) mass is 462 g/mol. The predicted molar refractivity (Wildman–Crippen MR) is 98.6 cm³/mol. The van der Waals surface area contributed by atoms with Crippen LogP contribution in [0.5, 0.6) is 0 Å². The molecule has 0 bridgehead atoms. The minimum absolute atomic E-state index is 0.265. The molecule has 0 unspecified atom stereocenters. The van der Waals surface area contributed by atoms with Crippen LogP contribution in [0.2, 0.25) is 5.02 Å². The number of carbonyl (C=O) groups excluding carboxylic acids is 2. The van der Waals surface area contributed by atoms with Gasteiger partial charge in [0.25, 0.3) is 5.91 Å². The van der Waals surface area contributed by atoms with Gasteiger partial charge in [0.2, 0.25) is 0 Å². The summed E-state index contributed by atoms with van der Waals surface area (Å²) in [5.74, 6) is -0.886. The Hall–Kier alpha value is -1.97. The van der Waals surface area contributed by atoms with Gasteiger partial charge in [-0.25, -0.2) is 14.6 Å². The second-order valence-corrected chi connectivity index (χ2v) is 6.91. The van der Waals surface area contributed by atoms with E-state index in [0.29, 0.717) is 16.7 Å². The fraction of sp³-hybridized carbons (Fsp3) is 0.0625. The number of thiocarbonyl (C=S) groups is 1. The van der Waals surface area contributed by atoms with Gasteiger partial charge in [-0.15, -0.1) is 0 Å². The van der Waals surface area contributed by atoms with Crippen molar-refractivity contribution in [2.24, 2.45) is 0 Å². The van der Waals surface area contributed by atoms with E-state index >= 15 is 0 Å². The van der Waals surface area contributed by atoms with Crippen molar-refractivity contribution in [1.29, 1.82) is 0 Å². The number of nitrogens with zero attached hydrogens (tertiary/aromatic N) is 2. The van der Waals surface area contributed by atoms with Crippen molar-refractivity contribution in [1.82, 2.24) is 0 Å². The number of rotatable bonds is 2. The molecule has 2 aromatic rings. The largest absolute Gasteiger partial charge is 0.417 e. The van der Waals surface area contributed by atoms with E-state index in [9.17, 15) is 22.8 Å². The Morgan fingerprint density at radius 2 is 1.54 bits per heavy atom. The molecule has 1 aliphatic rings. The Bertz CT molecular complexity index is 934. The van der Waals surface area contributed by atoms with Crippen LogP contribution < -0.4 is 9.80 Å². The minimum Gasteiger partial charge on any atom is -0.265 e. The fourth-order valence-electron chi connectivity index (χ4n) is 2.38. The molecule has 0 radical (unpaired) electrons. The number of hydrogen-bond acceptors (Lipinski definition) is 3. The van der Waals surface area contributed by atoms with Crippen LogP contribution in [0.15, 0.2) is 46.9 Å². The average Bonchev–Trinajstić information content (AvgIpc) is 2.78. The van der Waals surface area contributed by atoms with E-state index in [2.05, 4.69) is 15.9 Å². The standard InChI is InChI=1S/C16H7BrClF3N2O2S/c17-8-1-3-9(4-2-8)23-14(26)13(24)22(15(23)25)10-5-6-12(18)11(7-10)16(19,20)21/h1-7H. The Balaban J connectivity index is 2.04. The molecule has 3 rings (SSSR count). The third-order valence-electron chi connectivity index (χ3n) is 3.57. The lowest BCUT2D eigenvalue weighted by Crippen LogP contribution is -2.33. The first-order valence-corrected chi connectivity index (χ1v) is 8.54. The molecule has 134 valence electrons. The number of carbonyl (C=O) groups is 2. The van der Waals surface area contributed by atoms with Gasteiger partial charge in [-0.05, 0) is 42.5 Å². The van der Waals surface area contributed by atoms with Crippen LogP contribution in [0.4, 0.5) is 29.3 Å². The maximum Gasteiger partial charge on any atom is 0.417 e. The molecule has 3 amide bonds. The molecule has 0 aromatic heterocycles. The number of urea groups is 1. The third-order valence-corrected chi connectivity index (χ3v) is 4.79. The summed E-state index contributed by atoms with van der Waals surface area (Å²) in [4.78, 5) is 26.3. The summed E-state index contributed by atoms with van der Waals surface area (Å²) in [6.45, 7) is 0. The van der Waals surface area contributed by atoms with E-state index < -0.39 is 28.7 Å². The van der Waals surface area contributed by atoms with E-state index in [1.807, 2.05) is 0 Å². The Morgan fingerprint density at radius 1 is 0.962 bits per heavy atom. The normalized spacial score (nSPS) is 15.2. The number of halogens is 5. The van der Waals surface area contributed by atoms with E-state index in [4.69, 9.17) is 23.8 Å². The topological polar surface area (TPSA) is 40.6 Å². The van der Waals surface area contributed by atoms with Crippen LogP contribution in [-0.4, -0.2) is 16.9 Å². The van der Waals surface area contributed by atoms with E-state index in [1.165, 1.54) is 0 Å². The lowest BCUT2D eigenvalue weighted by molar-refractivity contribution is -0.137. The maximum absolute atomic E-state index is 13.1. The molecule has 0 spiro atoms. The molecule has 26 heavy (non-hydrogen) atoms. The molecule has 10 heteroatoms. The number of anilines is 2. The summed E-state index contributed by atoms with van der Waals surface area (Å²) in [5.41, 5.74) is -1.09. The molecule has 0 aliphatic carbocycles. The zero-order valence-corrected chi connectivity index (χ0v) is 15.7. The number of benzene rings is 2. The van der Waals surface area contributed by atoms with Gasteiger partial charge in [-0.1, -0.05) is 39.7 Å². The van der Waals surface area contributed by atoms with Crippen molar-refractivity contribution < 1.29 is 22.8 Å². The van der Waals surface area contributed by atoms with Crippen molar-refractivity contribution in [3.05, 3.63) is 57.5 Å². The van der Waals surface area contributed by atoms with Gasteiger partial charge >= 0.3 is 12.2 Å². The van der Waals surface area contributed by atoms with Crippen LogP contribution in [-0.2, 0) is 11.0 Å². The fourth-order valence-corrected chi connectivity index (χ4v) is 3.14. The van der Waals surface area contributed by atoms with Crippen molar-refractivity contribution in [2.45, 2.75) is 6.18 Å². The second-order valence-electron chi connectivity index (χ2n) is 5.20. The first-order chi connectivity index (χ1) is 12.1. The Kier molecular flexibility index (Phi) is 4.80. The van der Waals surface area contributed by atoms with Crippen LogP contribution in [0.1, 0.15) is 5.56 Å². The minimum atomic E-state index is -4.73. The SMILES string of the molecule is O=C1C(=S)N(c2ccc(Br)cc2)C(=O)N1c1ccc(Cl)c(C(F)(F)F)c1. The third kappa shape index (κ3) is 3.22. The molecular formula is C16H7BrClF3N2O2S. The Labute approximate surface area is 164 Å². The molecule has 0 atom stereocenters. The zero-order chi connectivity index (χ0) is 19.2. The highest BCUT2D eigenvalue weighted by Crippen LogP contribution is 2.38. The van der Waals surface area contributed by atoms with Gasteiger partial charge in [-0.3, -0.25) is 4.79 Å². The van der Waals surface area contributed by atoms with E-state index in [0.717, 1.165) is 21.5 Å². The smallest absolute Gasteiger partial charge is 0.265 e. The molecule has 0 saturated carbocycles. The summed E-state index contributed by atoms with van der Waals surface area (Å²) in [6.07, 6.45) is -4.73. The van der Waals surface area contributed by atoms with Crippen molar-refractivity contribution in [3.8, 4) is 0 Å². The molecule has 2 aromatic carbocycles. The molecule has 1 aliphatic heterocycles. The molecule has 1 heterocycles. The molecule has 1 fully saturated rings. The zero-order valence-electron chi connectivity index (χ0n) is 12.6. The highest BCUT2D eigenvalue weighted by Gasteiger charge is 2.44. The second kappa shape index (κ2) is 6.64. The summed E-state index contributed by atoms with van der Waals surface area (Å²) >= 11 is 13.8. The van der Waals surface area contributed by atoms with Gasteiger partial charge < -0.3 is 0 Å². The molecule has 4 nitrogen and oxygen atoms in total. The van der Waals surface area contributed by atoms with Crippen LogP contribution in [0, 0.1) is 0 Å². The molecule has 0 N–H and O–H groups in total. The summed E-state index contributed by atoms with van der Waals surface area (Å²) in [5, 5.41) is -0.535. The van der Waals surface area contributed by atoms with Gasteiger partial charge in [0.15, 0.2) is 4.99 Å². The molecule has 1 saturated heterocycles. The quantitative estimate of drug-likeness (QED) is 0.441. The average molecular weight is 464 g/mol. The first kappa shape index (κ1) is 18.8. The van der Waals surface area contributed by atoms with Gasteiger partial charge in [0.05, 0.1) is 22.0 Å². The summed E-state index contributed by atoms with van der Waals surface area (Å²) in [6, 6.07) is 8.30. The number of amides is 3. The Morgan fingerprint density at radius 3 is 2.12 bits per heavy atom. The first-order valence-electron chi connectivity index (χ1n) is 6.96. The number of alkyl halides is 3. The van der Waals surface area contributed by atoms with Crippen molar-refractivity contribution in [3.63, 3.8) is 0 Å². The van der Waals surface area contributed by atoms with E-state index in [1.54, 1.807) is 24.3 Å². The summed E-state index contributed by atoms with van der Waals surface area (Å²) < 4.78 is 39.9. The van der Waals surface area contributed by atoms with Crippen LogP contribution in [0.3, 0.4) is 0 Å². The maximum atomic E-state index is 13.1. The van der Waals surface area contributed by atoms with E-state index in [-0.39, 0.29) is 10.7 Å². The van der Waals surface area contributed by atoms with Gasteiger partial charge in [-0.2, -0.15) is 13.2 Å². The highest BCUT2D eigenvalue weighted by molar-refractivity contribution is 9.10. The summed E-state index contributed by atoms with van der Waals surface area (Å²) in [7, 11) is 0. The predicted octanol–water partition coefficient (Wildman–Crippen LogP) is 5.42. The lowest BCUT2D eigenvalue weighted by Gasteiger charge is -2.18.